The number of nitrogens with two attached hydrogens (primary N) is 1. The summed E-state index contributed by atoms with van der Waals surface area (Å²) in [5, 5.41) is 2.82. The van der Waals surface area contributed by atoms with E-state index >= 15 is 0 Å². The van der Waals surface area contributed by atoms with Crippen molar-refractivity contribution in [2.45, 2.75) is 27.2 Å². The molecule has 21 heavy (non-hydrogen) atoms. The van der Waals surface area contributed by atoms with Gasteiger partial charge in [-0.05, 0) is 44.0 Å². The minimum absolute atomic E-state index is 0.143. The maximum absolute atomic E-state index is 12.2. The van der Waals surface area contributed by atoms with E-state index in [4.69, 9.17) is 5.73 Å². The molecule has 1 unspecified atom stereocenters. The van der Waals surface area contributed by atoms with Crippen LogP contribution in [0.25, 0.3) is 0 Å². The van der Waals surface area contributed by atoms with Crippen molar-refractivity contribution >= 4 is 27.3 Å². The molecule has 0 aliphatic heterocycles. The van der Waals surface area contributed by atoms with Gasteiger partial charge in [-0.15, -0.1) is 0 Å². The van der Waals surface area contributed by atoms with E-state index in [-0.39, 0.29) is 12.5 Å². The molecule has 1 rings (SSSR count). The Morgan fingerprint density at radius 3 is 2.43 bits per heavy atom. The first-order valence-corrected chi connectivity index (χ1v) is 8.60. The van der Waals surface area contributed by atoms with E-state index in [1.807, 2.05) is 13.8 Å². The van der Waals surface area contributed by atoms with E-state index in [2.05, 4.69) is 10.0 Å². The minimum atomic E-state index is -3.32. The number of carbonyl (C=O) groups excluding carboxylic acids is 1. The zero-order chi connectivity index (χ0) is 16.3. The number of aryl methyl sites for hydroxylation is 1. The molecular formula is C14H23N3O3S. The number of carbonyl (C=O) groups is 1. The van der Waals surface area contributed by atoms with Gasteiger partial charge in [0.05, 0.1) is 17.4 Å². The smallest absolute Gasteiger partial charge is 0.231 e. The monoisotopic (exact) mass is 313 g/mol. The van der Waals surface area contributed by atoms with Gasteiger partial charge in [0, 0.05) is 12.2 Å². The van der Waals surface area contributed by atoms with Gasteiger partial charge in [0.15, 0.2) is 0 Å². The molecule has 4 N–H and O–H groups in total. The van der Waals surface area contributed by atoms with Crippen LogP contribution < -0.4 is 15.8 Å². The first-order chi connectivity index (χ1) is 9.61. The quantitative estimate of drug-likeness (QED) is 0.743. The van der Waals surface area contributed by atoms with Gasteiger partial charge in [0.1, 0.15) is 0 Å². The maximum Gasteiger partial charge on any atom is 0.231 e. The molecule has 1 amide bonds. The highest BCUT2D eigenvalue weighted by Gasteiger charge is 2.29. The first kappa shape index (κ1) is 17.5. The summed E-state index contributed by atoms with van der Waals surface area (Å²) in [6, 6.07) is 5.00. The highest BCUT2D eigenvalue weighted by atomic mass is 32.2. The summed E-state index contributed by atoms with van der Waals surface area (Å²) >= 11 is 0. The Balaban J connectivity index is 2.93. The Bertz CT molecular complexity index is 622. The molecule has 0 saturated heterocycles. The van der Waals surface area contributed by atoms with Crippen LogP contribution in [-0.4, -0.2) is 27.1 Å². The van der Waals surface area contributed by atoms with Crippen LogP contribution in [0, 0.1) is 12.3 Å². The Hall–Kier alpha value is -1.60. The summed E-state index contributed by atoms with van der Waals surface area (Å²) in [6.45, 7) is 5.76. The largest absolute Gasteiger partial charge is 0.329 e. The minimum Gasteiger partial charge on any atom is -0.329 e. The molecule has 1 aromatic rings. The van der Waals surface area contributed by atoms with Crippen LogP contribution >= 0.6 is 0 Å². The third-order valence-electron chi connectivity index (χ3n) is 3.56. The molecule has 6 nitrogen and oxygen atoms in total. The number of benzene rings is 1. The van der Waals surface area contributed by atoms with Crippen molar-refractivity contribution in [3.05, 3.63) is 23.8 Å². The van der Waals surface area contributed by atoms with E-state index in [0.29, 0.717) is 17.8 Å². The SMILES string of the molecule is CCC(C)(CN)C(=O)Nc1ccc(NS(C)(=O)=O)c(C)c1. The molecule has 0 aromatic heterocycles. The fourth-order valence-corrected chi connectivity index (χ4v) is 2.36. The summed E-state index contributed by atoms with van der Waals surface area (Å²) in [6.07, 6.45) is 1.73. The molecule has 1 aromatic carbocycles. The van der Waals surface area contributed by atoms with E-state index in [1.165, 1.54) is 0 Å². The number of nitrogens with one attached hydrogen (secondary N) is 2. The average molecular weight is 313 g/mol. The summed E-state index contributed by atoms with van der Waals surface area (Å²) in [5.41, 5.74) is 6.88. The highest BCUT2D eigenvalue weighted by Crippen LogP contribution is 2.24. The van der Waals surface area contributed by atoms with Crippen molar-refractivity contribution in [1.29, 1.82) is 0 Å². The van der Waals surface area contributed by atoms with Gasteiger partial charge >= 0.3 is 0 Å². The van der Waals surface area contributed by atoms with Gasteiger partial charge in [-0.2, -0.15) is 0 Å². The maximum atomic E-state index is 12.2. The van der Waals surface area contributed by atoms with Gasteiger partial charge < -0.3 is 11.1 Å². The molecule has 0 saturated carbocycles. The normalized spacial score (nSPS) is 14.3. The highest BCUT2D eigenvalue weighted by molar-refractivity contribution is 7.92. The third kappa shape index (κ3) is 4.71. The lowest BCUT2D eigenvalue weighted by Crippen LogP contribution is -2.39. The van der Waals surface area contributed by atoms with E-state index in [9.17, 15) is 13.2 Å². The summed E-state index contributed by atoms with van der Waals surface area (Å²) < 4.78 is 24.9. The second-order valence-corrected chi connectivity index (χ2v) is 7.22. The van der Waals surface area contributed by atoms with Gasteiger partial charge in [-0.25, -0.2) is 8.42 Å². The molecular weight excluding hydrogens is 290 g/mol. The van der Waals surface area contributed by atoms with Crippen LogP contribution in [0.4, 0.5) is 11.4 Å². The van der Waals surface area contributed by atoms with Crippen LogP contribution in [-0.2, 0) is 14.8 Å². The van der Waals surface area contributed by atoms with Crippen molar-refractivity contribution in [2.75, 3.05) is 22.8 Å². The molecule has 0 radical (unpaired) electrons. The zero-order valence-corrected chi connectivity index (χ0v) is 13.7. The van der Waals surface area contributed by atoms with Crippen molar-refractivity contribution in [3.8, 4) is 0 Å². The van der Waals surface area contributed by atoms with Crippen molar-refractivity contribution in [2.24, 2.45) is 11.1 Å². The third-order valence-corrected chi connectivity index (χ3v) is 4.15. The fraction of sp³-hybridized carbons (Fsp3) is 0.500. The summed E-state index contributed by atoms with van der Waals surface area (Å²) in [4.78, 5) is 12.2. The van der Waals surface area contributed by atoms with Gasteiger partial charge in [-0.3, -0.25) is 9.52 Å². The van der Waals surface area contributed by atoms with Crippen LogP contribution in [0.2, 0.25) is 0 Å². The molecule has 0 spiro atoms. The Kier molecular flexibility index (Phi) is 5.36. The van der Waals surface area contributed by atoms with Crippen molar-refractivity contribution < 1.29 is 13.2 Å². The molecule has 0 fully saturated rings. The predicted octanol–water partition coefficient (Wildman–Crippen LogP) is 1.68. The Morgan fingerprint density at radius 2 is 2.00 bits per heavy atom. The van der Waals surface area contributed by atoms with Gasteiger partial charge in [0.2, 0.25) is 15.9 Å². The molecule has 118 valence electrons. The zero-order valence-electron chi connectivity index (χ0n) is 12.9. The second-order valence-electron chi connectivity index (χ2n) is 5.48. The Labute approximate surface area is 126 Å². The number of sulfonamides is 1. The van der Waals surface area contributed by atoms with Gasteiger partial charge in [0.25, 0.3) is 0 Å². The standard InChI is InChI=1S/C14H23N3O3S/c1-5-14(3,9-15)13(18)16-11-6-7-12(10(2)8-11)17-21(4,19)20/h6-8,17H,5,9,15H2,1-4H3,(H,16,18). The van der Waals surface area contributed by atoms with Crippen molar-refractivity contribution in [3.63, 3.8) is 0 Å². The second kappa shape index (κ2) is 6.44. The van der Waals surface area contributed by atoms with E-state index in [1.54, 1.807) is 25.1 Å². The lowest BCUT2D eigenvalue weighted by atomic mass is 9.86. The first-order valence-electron chi connectivity index (χ1n) is 6.71. The lowest BCUT2D eigenvalue weighted by molar-refractivity contribution is -0.124. The molecule has 7 heteroatoms. The molecule has 0 bridgehead atoms. The molecule has 0 aliphatic carbocycles. The van der Waals surface area contributed by atoms with Crippen LogP contribution in [0.3, 0.4) is 0 Å². The summed E-state index contributed by atoms with van der Waals surface area (Å²) in [5.74, 6) is -0.143. The number of hydrogen-bond acceptors (Lipinski definition) is 4. The van der Waals surface area contributed by atoms with Crippen LogP contribution in [0.5, 0.6) is 0 Å². The number of hydrogen-bond donors (Lipinski definition) is 3. The van der Waals surface area contributed by atoms with E-state index < -0.39 is 15.4 Å². The van der Waals surface area contributed by atoms with Crippen LogP contribution in [0.15, 0.2) is 18.2 Å². The van der Waals surface area contributed by atoms with Gasteiger partial charge in [-0.1, -0.05) is 6.92 Å². The van der Waals surface area contributed by atoms with Crippen molar-refractivity contribution in [1.82, 2.24) is 0 Å². The summed E-state index contributed by atoms with van der Waals surface area (Å²) in [7, 11) is -3.32. The Morgan fingerprint density at radius 1 is 1.38 bits per heavy atom. The number of anilines is 2. The molecule has 0 aliphatic rings. The average Bonchev–Trinajstić information content (AvgIpc) is 2.39. The van der Waals surface area contributed by atoms with Crippen LogP contribution in [0.1, 0.15) is 25.8 Å². The van der Waals surface area contributed by atoms with E-state index in [0.717, 1.165) is 11.8 Å². The fourth-order valence-electron chi connectivity index (χ4n) is 1.74. The topological polar surface area (TPSA) is 101 Å². The predicted molar refractivity (Wildman–Crippen MR) is 85.7 cm³/mol. The number of rotatable bonds is 6. The lowest BCUT2D eigenvalue weighted by Gasteiger charge is -2.25. The molecule has 1 atom stereocenters. The molecule has 0 heterocycles. The number of amides is 1.